The van der Waals surface area contributed by atoms with Crippen molar-refractivity contribution in [3.05, 3.63) is 47.5 Å². The maximum atomic E-state index is 11.0. The monoisotopic (exact) mass is 395 g/mol. The average Bonchev–Trinajstić information content (AvgIpc) is 3.07. The molecule has 28 heavy (non-hydrogen) atoms. The SMILES string of the molecule is CCOc1ccc2nc(S[C@@H]3c4cc(C#N)ccc4OC(C)(C)[C@H]3O)[nH]c2c1. The molecule has 0 fully saturated rings. The molecule has 0 amide bonds. The number of aromatic amines is 1. The van der Waals surface area contributed by atoms with Crippen LogP contribution in [0, 0.1) is 11.3 Å². The van der Waals surface area contributed by atoms with Crippen molar-refractivity contribution in [2.45, 2.75) is 42.9 Å². The zero-order valence-corrected chi connectivity index (χ0v) is 16.7. The molecule has 1 aromatic heterocycles. The summed E-state index contributed by atoms with van der Waals surface area (Å²) in [5.41, 5.74) is 2.28. The molecule has 0 unspecified atom stereocenters. The number of imidazole rings is 1. The van der Waals surface area contributed by atoms with Gasteiger partial charge in [-0.05, 0) is 51.1 Å². The number of H-pyrrole nitrogens is 1. The molecule has 144 valence electrons. The Labute approximate surface area is 167 Å². The molecule has 2 aromatic carbocycles. The molecule has 2 N–H and O–H groups in total. The molecule has 0 aliphatic carbocycles. The molecule has 2 heterocycles. The number of hydrogen-bond donors (Lipinski definition) is 2. The van der Waals surface area contributed by atoms with Gasteiger partial charge in [-0.15, -0.1) is 0 Å². The van der Waals surface area contributed by atoms with Crippen molar-refractivity contribution in [3.8, 4) is 17.6 Å². The number of fused-ring (bicyclic) bond motifs is 2. The van der Waals surface area contributed by atoms with Crippen molar-refractivity contribution in [2.75, 3.05) is 6.61 Å². The van der Waals surface area contributed by atoms with Gasteiger partial charge < -0.3 is 19.6 Å². The van der Waals surface area contributed by atoms with E-state index in [0.717, 1.165) is 22.3 Å². The third-order valence-corrected chi connectivity index (χ3v) is 5.98. The molecular weight excluding hydrogens is 374 g/mol. The quantitative estimate of drug-likeness (QED) is 0.688. The zero-order valence-electron chi connectivity index (χ0n) is 15.9. The van der Waals surface area contributed by atoms with Gasteiger partial charge in [-0.1, -0.05) is 11.8 Å². The van der Waals surface area contributed by atoms with Crippen molar-refractivity contribution >= 4 is 22.8 Å². The second kappa shape index (κ2) is 7.04. The molecule has 1 aliphatic heterocycles. The lowest BCUT2D eigenvalue weighted by atomic mass is 9.90. The smallest absolute Gasteiger partial charge is 0.167 e. The van der Waals surface area contributed by atoms with Crippen LogP contribution in [0.4, 0.5) is 0 Å². The van der Waals surface area contributed by atoms with Gasteiger partial charge in [-0.2, -0.15) is 5.26 Å². The van der Waals surface area contributed by atoms with Gasteiger partial charge >= 0.3 is 0 Å². The average molecular weight is 395 g/mol. The number of ether oxygens (including phenoxy) is 2. The Bertz CT molecular complexity index is 1070. The number of aliphatic hydroxyl groups excluding tert-OH is 1. The van der Waals surface area contributed by atoms with E-state index >= 15 is 0 Å². The largest absolute Gasteiger partial charge is 0.494 e. The third kappa shape index (κ3) is 3.30. The number of nitrogens with one attached hydrogen (secondary N) is 1. The van der Waals surface area contributed by atoms with E-state index in [4.69, 9.17) is 9.47 Å². The normalized spacial score (nSPS) is 20.2. The summed E-state index contributed by atoms with van der Waals surface area (Å²) in [6, 6.07) is 13.2. The molecule has 0 spiro atoms. The number of hydrogen-bond acceptors (Lipinski definition) is 6. The van der Waals surface area contributed by atoms with E-state index < -0.39 is 11.7 Å². The molecule has 6 nitrogen and oxygen atoms in total. The molecule has 0 bridgehead atoms. The maximum absolute atomic E-state index is 11.0. The van der Waals surface area contributed by atoms with Gasteiger partial charge in [0.25, 0.3) is 0 Å². The Kier molecular flexibility index (Phi) is 4.69. The van der Waals surface area contributed by atoms with E-state index in [0.29, 0.717) is 23.1 Å². The molecular formula is C21H21N3O3S. The second-order valence-electron chi connectivity index (χ2n) is 7.21. The van der Waals surface area contributed by atoms with Gasteiger partial charge in [-0.25, -0.2) is 4.98 Å². The fourth-order valence-electron chi connectivity index (χ4n) is 3.34. The minimum atomic E-state index is -0.772. The van der Waals surface area contributed by atoms with E-state index in [1.807, 2.05) is 39.0 Å². The first-order chi connectivity index (χ1) is 13.4. The minimum Gasteiger partial charge on any atom is -0.494 e. The van der Waals surface area contributed by atoms with Crippen molar-refractivity contribution in [2.24, 2.45) is 0 Å². The fourth-order valence-corrected chi connectivity index (χ4v) is 4.67. The number of aliphatic hydroxyl groups is 1. The van der Waals surface area contributed by atoms with Crippen LogP contribution in [0.25, 0.3) is 11.0 Å². The Morgan fingerprint density at radius 1 is 1.32 bits per heavy atom. The zero-order chi connectivity index (χ0) is 19.9. The maximum Gasteiger partial charge on any atom is 0.167 e. The summed E-state index contributed by atoms with van der Waals surface area (Å²) >= 11 is 1.43. The van der Waals surface area contributed by atoms with Crippen LogP contribution in [-0.4, -0.2) is 33.4 Å². The molecule has 0 radical (unpaired) electrons. The van der Waals surface area contributed by atoms with Crippen LogP contribution < -0.4 is 9.47 Å². The van der Waals surface area contributed by atoms with Gasteiger partial charge in [0.1, 0.15) is 23.2 Å². The van der Waals surface area contributed by atoms with Gasteiger partial charge in [0, 0.05) is 11.6 Å². The highest BCUT2D eigenvalue weighted by atomic mass is 32.2. The minimum absolute atomic E-state index is 0.320. The van der Waals surface area contributed by atoms with Crippen LogP contribution in [0.1, 0.15) is 37.1 Å². The summed E-state index contributed by atoms with van der Waals surface area (Å²) in [6.45, 7) is 6.26. The molecule has 2 atom stereocenters. The Morgan fingerprint density at radius 2 is 2.14 bits per heavy atom. The topological polar surface area (TPSA) is 91.2 Å². The lowest BCUT2D eigenvalue weighted by Crippen LogP contribution is -2.48. The molecule has 0 saturated heterocycles. The van der Waals surface area contributed by atoms with Crippen LogP contribution in [0.2, 0.25) is 0 Å². The number of nitrogens with zero attached hydrogens (tertiary/aromatic N) is 2. The highest BCUT2D eigenvalue weighted by molar-refractivity contribution is 7.99. The lowest BCUT2D eigenvalue weighted by Gasteiger charge is -2.41. The molecule has 0 saturated carbocycles. The first kappa shape index (κ1) is 18.7. The van der Waals surface area contributed by atoms with E-state index in [2.05, 4.69) is 16.0 Å². The predicted molar refractivity (Wildman–Crippen MR) is 108 cm³/mol. The first-order valence-electron chi connectivity index (χ1n) is 9.11. The summed E-state index contributed by atoms with van der Waals surface area (Å²) < 4.78 is 11.5. The molecule has 7 heteroatoms. The van der Waals surface area contributed by atoms with Gasteiger partial charge in [0.15, 0.2) is 5.16 Å². The Morgan fingerprint density at radius 3 is 2.89 bits per heavy atom. The highest BCUT2D eigenvalue weighted by Gasteiger charge is 2.43. The summed E-state index contributed by atoms with van der Waals surface area (Å²) in [7, 11) is 0. The number of benzene rings is 2. The van der Waals surface area contributed by atoms with Crippen LogP contribution >= 0.6 is 11.8 Å². The fraction of sp³-hybridized carbons (Fsp3) is 0.333. The van der Waals surface area contributed by atoms with Crippen LogP contribution in [0.5, 0.6) is 11.5 Å². The predicted octanol–water partition coefficient (Wildman–Crippen LogP) is 4.20. The number of aromatic nitrogens is 2. The standard InChI is InChI=1S/C21H21N3O3S/c1-4-26-13-6-7-15-16(10-13)24-20(23-15)28-18-14-9-12(11-22)5-8-17(14)27-21(2,3)19(18)25/h5-10,18-19,25H,4H2,1-3H3,(H,23,24)/t18-,19+/m1/s1. The molecule has 1 aliphatic rings. The second-order valence-corrected chi connectivity index (χ2v) is 8.34. The summed E-state index contributed by atoms with van der Waals surface area (Å²) in [4.78, 5) is 7.94. The van der Waals surface area contributed by atoms with Crippen molar-refractivity contribution in [1.82, 2.24) is 9.97 Å². The van der Waals surface area contributed by atoms with Gasteiger partial charge in [0.2, 0.25) is 0 Å². The van der Waals surface area contributed by atoms with E-state index in [9.17, 15) is 10.4 Å². The number of thioether (sulfide) groups is 1. The Balaban J connectivity index is 1.72. The number of rotatable bonds is 4. The Hall–Kier alpha value is -2.69. The van der Waals surface area contributed by atoms with E-state index in [-0.39, 0.29) is 5.25 Å². The van der Waals surface area contributed by atoms with Crippen LogP contribution in [0.3, 0.4) is 0 Å². The molecule has 4 rings (SSSR count). The van der Waals surface area contributed by atoms with Crippen molar-refractivity contribution in [1.29, 1.82) is 5.26 Å². The van der Waals surface area contributed by atoms with E-state index in [1.165, 1.54) is 11.8 Å². The van der Waals surface area contributed by atoms with Crippen molar-refractivity contribution < 1.29 is 14.6 Å². The van der Waals surface area contributed by atoms with Crippen molar-refractivity contribution in [3.63, 3.8) is 0 Å². The molecule has 3 aromatic rings. The highest BCUT2D eigenvalue weighted by Crippen LogP contribution is 2.49. The van der Waals surface area contributed by atoms with Crippen LogP contribution in [0.15, 0.2) is 41.6 Å². The number of nitriles is 1. The summed E-state index contributed by atoms with van der Waals surface area (Å²) in [6.07, 6.45) is -0.772. The first-order valence-corrected chi connectivity index (χ1v) is 9.99. The lowest BCUT2D eigenvalue weighted by molar-refractivity contribution is -0.0430. The third-order valence-electron chi connectivity index (χ3n) is 4.80. The van der Waals surface area contributed by atoms with Crippen LogP contribution in [-0.2, 0) is 0 Å². The summed E-state index contributed by atoms with van der Waals surface area (Å²) in [5, 5.41) is 20.6. The van der Waals surface area contributed by atoms with E-state index in [1.54, 1.807) is 18.2 Å². The van der Waals surface area contributed by atoms with Gasteiger partial charge in [0.05, 0.1) is 34.5 Å². The van der Waals surface area contributed by atoms with Gasteiger partial charge in [-0.3, -0.25) is 0 Å². The summed E-state index contributed by atoms with van der Waals surface area (Å²) in [5.74, 6) is 1.47.